The molecule has 1 aromatic rings. The van der Waals surface area contributed by atoms with Crippen LogP contribution in [-0.4, -0.2) is 58.2 Å². The maximum absolute atomic E-state index is 12.5. The fourth-order valence-corrected chi connectivity index (χ4v) is 4.15. The molecule has 0 bridgehead atoms. The van der Waals surface area contributed by atoms with E-state index in [-0.39, 0.29) is 0 Å². The van der Waals surface area contributed by atoms with Gasteiger partial charge in [0.2, 0.25) is 5.91 Å². The average molecular weight is 332 g/mol. The highest BCUT2D eigenvalue weighted by molar-refractivity contribution is 5.76. The molecule has 2 fully saturated rings. The van der Waals surface area contributed by atoms with E-state index in [0.29, 0.717) is 17.9 Å². The molecule has 2 saturated heterocycles. The average Bonchev–Trinajstić information content (AvgIpc) is 2.99. The number of piperidine rings is 2. The monoisotopic (exact) mass is 332 g/mol. The zero-order chi connectivity index (χ0) is 16.9. The van der Waals surface area contributed by atoms with Crippen molar-refractivity contribution < 1.29 is 4.79 Å². The second-order valence-electron chi connectivity index (χ2n) is 7.73. The molecule has 5 nitrogen and oxygen atoms in total. The molecule has 24 heavy (non-hydrogen) atoms. The van der Waals surface area contributed by atoms with Crippen molar-refractivity contribution in [2.45, 2.75) is 64.5 Å². The number of aromatic nitrogens is 2. The number of carbonyl (C=O) groups excluding carboxylic acids is 1. The summed E-state index contributed by atoms with van der Waals surface area (Å²) in [6.45, 7) is 6.10. The summed E-state index contributed by atoms with van der Waals surface area (Å²) >= 11 is 0. The Bertz CT molecular complexity index is 533. The first-order valence-electron chi connectivity index (χ1n) is 9.59. The van der Waals surface area contributed by atoms with E-state index in [1.807, 2.05) is 6.20 Å². The van der Waals surface area contributed by atoms with Crippen molar-refractivity contribution in [1.82, 2.24) is 19.6 Å². The van der Waals surface area contributed by atoms with Gasteiger partial charge in [-0.05, 0) is 64.1 Å². The van der Waals surface area contributed by atoms with E-state index in [4.69, 9.17) is 0 Å². The lowest BCUT2D eigenvalue weighted by atomic mass is 9.95. The molecule has 0 saturated carbocycles. The third-order valence-electron chi connectivity index (χ3n) is 5.79. The van der Waals surface area contributed by atoms with Crippen LogP contribution in [0.5, 0.6) is 0 Å². The number of rotatable bonds is 5. The topological polar surface area (TPSA) is 41.4 Å². The number of nitrogens with zero attached hydrogens (tertiary/aromatic N) is 4. The number of aryl methyl sites for hydroxylation is 1. The lowest BCUT2D eigenvalue weighted by Crippen LogP contribution is -2.41. The van der Waals surface area contributed by atoms with Crippen LogP contribution >= 0.6 is 0 Å². The van der Waals surface area contributed by atoms with Gasteiger partial charge in [-0.1, -0.05) is 6.42 Å². The summed E-state index contributed by atoms with van der Waals surface area (Å²) in [5.41, 5.74) is 1.22. The fraction of sp³-hybridized carbons (Fsp3) is 0.789. The van der Waals surface area contributed by atoms with Crippen LogP contribution in [0.2, 0.25) is 0 Å². The van der Waals surface area contributed by atoms with Gasteiger partial charge in [-0.3, -0.25) is 9.48 Å². The van der Waals surface area contributed by atoms with Gasteiger partial charge in [-0.2, -0.15) is 5.10 Å². The van der Waals surface area contributed by atoms with Gasteiger partial charge in [0.15, 0.2) is 0 Å². The fourth-order valence-electron chi connectivity index (χ4n) is 4.15. The molecule has 2 aliphatic rings. The Labute approximate surface area is 146 Å². The molecule has 134 valence electrons. The first kappa shape index (κ1) is 17.5. The minimum atomic E-state index is 0.363. The molecule has 3 heterocycles. The highest BCUT2D eigenvalue weighted by Crippen LogP contribution is 2.22. The third kappa shape index (κ3) is 4.59. The molecular formula is C19H32N4O. The Kier molecular flexibility index (Phi) is 5.93. The highest BCUT2D eigenvalue weighted by Gasteiger charge is 2.25. The van der Waals surface area contributed by atoms with Crippen molar-refractivity contribution >= 4 is 5.91 Å². The summed E-state index contributed by atoms with van der Waals surface area (Å²) in [5.74, 6) is 1.01. The van der Waals surface area contributed by atoms with Gasteiger partial charge >= 0.3 is 0 Å². The Morgan fingerprint density at radius 2 is 2.00 bits per heavy atom. The number of amides is 1. The first-order valence-corrected chi connectivity index (χ1v) is 9.59. The smallest absolute Gasteiger partial charge is 0.222 e. The van der Waals surface area contributed by atoms with Crippen molar-refractivity contribution in [2.24, 2.45) is 5.92 Å². The van der Waals surface area contributed by atoms with Gasteiger partial charge in [0.25, 0.3) is 0 Å². The SMILES string of the molecule is Cc1cnn(CC2CCN(C(=O)CCC3CCCCN3C)CC2)c1. The number of likely N-dealkylation sites (tertiary alicyclic amines) is 2. The lowest BCUT2D eigenvalue weighted by molar-refractivity contribution is -0.133. The predicted octanol–water partition coefficient (Wildman–Crippen LogP) is 2.69. The number of hydrogen-bond acceptors (Lipinski definition) is 3. The van der Waals surface area contributed by atoms with Gasteiger partial charge in [0, 0.05) is 38.3 Å². The van der Waals surface area contributed by atoms with Crippen LogP contribution in [0.3, 0.4) is 0 Å². The van der Waals surface area contributed by atoms with Crippen LogP contribution in [0.1, 0.15) is 50.5 Å². The summed E-state index contributed by atoms with van der Waals surface area (Å²) in [5, 5.41) is 4.38. The zero-order valence-corrected chi connectivity index (χ0v) is 15.3. The maximum atomic E-state index is 12.5. The van der Waals surface area contributed by atoms with Crippen molar-refractivity contribution in [1.29, 1.82) is 0 Å². The van der Waals surface area contributed by atoms with Crippen LogP contribution in [-0.2, 0) is 11.3 Å². The number of carbonyl (C=O) groups is 1. The molecule has 0 spiro atoms. The largest absolute Gasteiger partial charge is 0.343 e. The van der Waals surface area contributed by atoms with E-state index in [1.54, 1.807) is 0 Å². The van der Waals surface area contributed by atoms with Gasteiger partial charge < -0.3 is 9.80 Å². The first-order chi connectivity index (χ1) is 11.6. The molecule has 0 aromatic carbocycles. The minimum absolute atomic E-state index is 0.363. The van der Waals surface area contributed by atoms with Crippen LogP contribution < -0.4 is 0 Å². The van der Waals surface area contributed by atoms with E-state index < -0.39 is 0 Å². The molecule has 3 rings (SSSR count). The van der Waals surface area contributed by atoms with Crippen molar-refractivity contribution in [2.75, 3.05) is 26.7 Å². The lowest BCUT2D eigenvalue weighted by Gasteiger charge is -2.34. The molecule has 1 aromatic heterocycles. The molecule has 0 aliphatic carbocycles. The van der Waals surface area contributed by atoms with Crippen molar-refractivity contribution in [3.63, 3.8) is 0 Å². The van der Waals surface area contributed by atoms with E-state index in [0.717, 1.165) is 45.3 Å². The third-order valence-corrected chi connectivity index (χ3v) is 5.79. The van der Waals surface area contributed by atoms with Crippen molar-refractivity contribution in [3.05, 3.63) is 18.0 Å². The van der Waals surface area contributed by atoms with E-state index in [2.05, 4.69) is 39.7 Å². The van der Waals surface area contributed by atoms with Gasteiger partial charge in [0.05, 0.1) is 6.20 Å². The second kappa shape index (κ2) is 8.15. The number of hydrogen-bond donors (Lipinski definition) is 0. The van der Waals surface area contributed by atoms with E-state index in [9.17, 15) is 4.79 Å². The summed E-state index contributed by atoms with van der Waals surface area (Å²) in [6.07, 6.45) is 11.9. The summed E-state index contributed by atoms with van der Waals surface area (Å²) < 4.78 is 2.05. The van der Waals surface area contributed by atoms with E-state index >= 15 is 0 Å². The minimum Gasteiger partial charge on any atom is -0.343 e. The van der Waals surface area contributed by atoms with Gasteiger partial charge in [-0.25, -0.2) is 0 Å². The molecule has 1 atom stereocenters. The zero-order valence-electron chi connectivity index (χ0n) is 15.3. The van der Waals surface area contributed by atoms with Gasteiger partial charge in [-0.15, -0.1) is 0 Å². The molecule has 1 unspecified atom stereocenters. The highest BCUT2D eigenvalue weighted by atomic mass is 16.2. The Morgan fingerprint density at radius 1 is 1.21 bits per heavy atom. The standard InChI is InChI=1S/C19H32N4O/c1-16-13-20-23(14-16)15-17-8-11-22(12-9-17)19(24)7-6-18-5-3-4-10-21(18)2/h13-14,17-18H,3-12,15H2,1-2H3. The maximum Gasteiger partial charge on any atom is 0.222 e. The van der Waals surface area contributed by atoms with Gasteiger partial charge in [0.1, 0.15) is 0 Å². The molecular weight excluding hydrogens is 300 g/mol. The second-order valence-corrected chi connectivity index (χ2v) is 7.73. The summed E-state index contributed by atoms with van der Waals surface area (Å²) in [6, 6.07) is 0.614. The molecule has 1 amide bonds. The molecule has 0 N–H and O–H groups in total. The van der Waals surface area contributed by atoms with Crippen LogP contribution in [0, 0.1) is 12.8 Å². The summed E-state index contributed by atoms with van der Waals surface area (Å²) in [4.78, 5) is 17.0. The molecule has 5 heteroatoms. The van der Waals surface area contributed by atoms with Crippen molar-refractivity contribution in [3.8, 4) is 0 Å². The van der Waals surface area contributed by atoms with E-state index in [1.165, 1.54) is 31.4 Å². The molecule has 0 radical (unpaired) electrons. The molecule has 2 aliphatic heterocycles. The quantitative estimate of drug-likeness (QED) is 0.832. The van der Waals surface area contributed by atoms with Crippen LogP contribution in [0.4, 0.5) is 0 Å². The Morgan fingerprint density at radius 3 is 2.67 bits per heavy atom. The van der Waals surface area contributed by atoms with Crippen LogP contribution in [0.25, 0.3) is 0 Å². The predicted molar refractivity (Wildman–Crippen MR) is 95.8 cm³/mol. The summed E-state index contributed by atoms with van der Waals surface area (Å²) in [7, 11) is 2.21. The normalized spacial score (nSPS) is 23.6. The van der Waals surface area contributed by atoms with Crippen LogP contribution in [0.15, 0.2) is 12.4 Å². The Balaban J connectivity index is 1.38. The Hall–Kier alpha value is -1.36.